The Hall–Kier alpha value is -4.31. The van der Waals surface area contributed by atoms with Crippen molar-refractivity contribution in [2.24, 2.45) is 5.10 Å². The van der Waals surface area contributed by atoms with Crippen molar-refractivity contribution in [3.63, 3.8) is 0 Å². The average molecular weight is 441 g/mol. The highest BCUT2D eigenvalue weighted by molar-refractivity contribution is 6.03. The topological polar surface area (TPSA) is 84.1 Å². The van der Waals surface area contributed by atoms with Crippen LogP contribution in [-0.2, 0) is 4.79 Å². The summed E-state index contributed by atoms with van der Waals surface area (Å²) >= 11 is 0. The molecule has 4 rings (SSSR count). The molecule has 1 aliphatic rings. The molecule has 0 saturated carbocycles. The maximum absolute atomic E-state index is 13.2. The number of methoxy groups -OCH3 is 2. The van der Waals surface area contributed by atoms with Gasteiger partial charge in [-0.3, -0.25) is 4.79 Å². The van der Waals surface area contributed by atoms with Gasteiger partial charge in [0.25, 0.3) is 5.91 Å². The van der Waals surface area contributed by atoms with Crippen LogP contribution in [0.2, 0.25) is 0 Å². The van der Waals surface area contributed by atoms with Crippen molar-refractivity contribution in [3.8, 4) is 23.3 Å². The molecule has 3 aromatic carbocycles. The van der Waals surface area contributed by atoms with Gasteiger partial charge in [-0.25, -0.2) is 5.01 Å². The number of benzene rings is 3. The van der Waals surface area contributed by atoms with Crippen molar-refractivity contribution < 1.29 is 19.0 Å². The fourth-order valence-corrected chi connectivity index (χ4v) is 3.69. The Kier molecular flexibility index (Phi) is 6.56. The lowest BCUT2D eigenvalue weighted by Gasteiger charge is -2.22. The predicted molar refractivity (Wildman–Crippen MR) is 123 cm³/mol. The summed E-state index contributed by atoms with van der Waals surface area (Å²) in [4.78, 5) is 13.2. The van der Waals surface area contributed by atoms with Gasteiger partial charge in [0.05, 0.1) is 37.6 Å². The van der Waals surface area contributed by atoms with E-state index in [4.69, 9.17) is 19.5 Å². The number of carbonyl (C=O) groups is 1. The van der Waals surface area contributed by atoms with E-state index in [1.807, 2.05) is 54.6 Å². The molecule has 33 heavy (non-hydrogen) atoms. The first-order valence-electron chi connectivity index (χ1n) is 10.4. The van der Waals surface area contributed by atoms with Crippen LogP contribution in [-0.4, -0.2) is 37.5 Å². The molecule has 0 N–H and O–H groups in total. The number of carbonyl (C=O) groups excluding carboxylic acids is 1. The fourth-order valence-electron chi connectivity index (χ4n) is 3.69. The van der Waals surface area contributed by atoms with Crippen LogP contribution in [0.5, 0.6) is 17.2 Å². The van der Waals surface area contributed by atoms with Crippen molar-refractivity contribution in [3.05, 3.63) is 89.5 Å². The molecule has 1 unspecified atom stereocenters. The third-order valence-corrected chi connectivity index (χ3v) is 5.42. The zero-order valence-electron chi connectivity index (χ0n) is 18.4. The third kappa shape index (κ3) is 4.80. The van der Waals surface area contributed by atoms with E-state index in [2.05, 4.69) is 11.2 Å². The van der Waals surface area contributed by atoms with E-state index >= 15 is 0 Å². The maximum atomic E-state index is 13.2. The van der Waals surface area contributed by atoms with Gasteiger partial charge in [0.15, 0.2) is 18.1 Å². The average Bonchev–Trinajstić information content (AvgIpc) is 3.33. The quantitative estimate of drug-likeness (QED) is 0.545. The zero-order chi connectivity index (χ0) is 23.2. The molecule has 1 amide bonds. The van der Waals surface area contributed by atoms with Gasteiger partial charge in [-0.15, -0.1) is 0 Å². The monoisotopic (exact) mass is 441 g/mol. The summed E-state index contributed by atoms with van der Waals surface area (Å²) in [6.07, 6.45) is 0.586. The molecule has 166 valence electrons. The Bertz CT molecular complexity index is 1200. The number of amides is 1. The number of rotatable bonds is 7. The Balaban J connectivity index is 1.57. The van der Waals surface area contributed by atoms with Gasteiger partial charge in [-0.1, -0.05) is 42.5 Å². The van der Waals surface area contributed by atoms with Crippen LogP contribution in [0, 0.1) is 11.3 Å². The van der Waals surface area contributed by atoms with Crippen LogP contribution in [0.1, 0.15) is 29.2 Å². The number of nitrogens with zero attached hydrogens (tertiary/aromatic N) is 3. The minimum atomic E-state index is -0.284. The summed E-state index contributed by atoms with van der Waals surface area (Å²) in [7, 11) is 3.10. The molecule has 7 nitrogen and oxygen atoms in total. The van der Waals surface area contributed by atoms with Gasteiger partial charge in [-0.2, -0.15) is 10.4 Å². The lowest BCUT2D eigenvalue weighted by molar-refractivity contribution is -0.135. The van der Waals surface area contributed by atoms with Crippen molar-refractivity contribution >= 4 is 11.6 Å². The summed E-state index contributed by atoms with van der Waals surface area (Å²) in [5.41, 5.74) is 3.21. The Morgan fingerprint density at radius 1 is 1.03 bits per heavy atom. The van der Waals surface area contributed by atoms with Crippen LogP contribution in [0.4, 0.5) is 0 Å². The highest BCUT2D eigenvalue weighted by Crippen LogP contribution is 2.34. The van der Waals surface area contributed by atoms with Crippen LogP contribution >= 0.6 is 0 Å². The molecule has 3 aromatic rings. The van der Waals surface area contributed by atoms with E-state index < -0.39 is 0 Å². The predicted octanol–water partition coefficient (Wildman–Crippen LogP) is 4.33. The summed E-state index contributed by atoms with van der Waals surface area (Å²) in [5, 5.41) is 15.2. The van der Waals surface area contributed by atoms with Crippen molar-refractivity contribution in [2.45, 2.75) is 12.5 Å². The van der Waals surface area contributed by atoms with Gasteiger partial charge in [0, 0.05) is 12.5 Å². The van der Waals surface area contributed by atoms with Crippen LogP contribution in [0.3, 0.4) is 0 Å². The first-order chi connectivity index (χ1) is 16.1. The van der Waals surface area contributed by atoms with E-state index in [1.165, 1.54) is 12.1 Å². The first-order valence-corrected chi connectivity index (χ1v) is 10.4. The maximum Gasteiger partial charge on any atom is 0.281 e. The SMILES string of the molecule is COc1ccc(C2CC(c3ccccc3)=NN2C(=O)COc2ccc(C#N)cc2OC)cc1. The molecule has 7 heteroatoms. The lowest BCUT2D eigenvalue weighted by atomic mass is 9.98. The summed E-state index contributed by atoms with van der Waals surface area (Å²) in [6, 6.07) is 24.0. The van der Waals surface area contributed by atoms with E-state index in [9.17, 15) is 4.79 Å². The Labute approximate surface area is 192 Å². The molecule has 0 fully saturated rings. The lowest BCUT2D eigenvalue weighted by Crippen LogP contribution is -2.31. The second-order valence-corrected chi connectivity index (χ2v) is 7.41. The molecule has 1 atom stereocenters. The third-order valence-electron chi connectivity index (χ3n) is 5.42. The number of hydrogen-bond donors (Lipinski definition) is 0. The Morgan fingerprint density at radius 3 is 2.45 bits per heavy atom. The molecule has 0 saturated heterocycles. The van der Waals surface area contributed by atoms with Crippen LogP contribution in [0.25, 0.3) is 0 Å². The van der Waals surface area contributed by atoms with E-state index in [1.54, 1.807) is 25.3 Å². The van der Waals surface area contributed by atoms with Gasteiger partial charge >= 0.3 is 0 Å². The molecular formula is C26H23N3O4. The molecular weight excluding hydrogens is 418 g/mol. The molecule has 0 aliphatic carbocycles. The fraction of sp³-hybridized carbons (Fsp3) is 0.192. The molecule has 0 radical (unpaired) electrons. The zero-order valence-corrected chi connectivity index (χ0v) is 18.4. The normalized spacial score (nSPS) is 14.9. The second kappa shape index (κ2) is 9.88. The molecule has 1 heterocycles. The van der Waals surface area contributed by atoms with Gasteiger partial charge in [0.2, 0.25) is 0 Å². The molecule has 0 aromatic heterocycles. The molecule has 1 aliphatic heterocycles. The highest BCUT2D eigenvalue weighted by atomic mass is 16.5. The Morgan fingerprint density at radius 2 is 1.79 bits per heavy atom. The first kappa shape index (κ1) is 21.9. The summed E-state index contributed by atoms with van der Waals surface area (Å²) < 4.78 is 16.3. The number of hydrogen-bond acceptors (Lipinski definition) is 6. The molecule has 0 spiro atoms. The highest BCUT2D eigenvalue weighted by Gasteiger charge is 2.33. The minimum Gasteiger partial charge on any atom is -0.497 e. The van der Waals surface area contributed by atoms with Crippen LogP contribution < -0.4 is 14.2 Å². The molecule has 0 bridgehead atoms. The summed E-state index contributed by atoms with van der Waals surface area (Å²) in [5.74, 6) is 1.24. The number of hydrazone groups is 1. The van der Waals surface area contributed by atoms with E-state index in [0.717, 1.165) is 22.6 Å². The van der Waals surface area contributed by atoms with Crippen molar-refractivity contribution in [1.29, 1.82) is 5.26 Å². The number of nitriles is 1. The van der Waals surface area contributed by atoms with Gasteiger partial charge in [0.1, 0.15) is 5.75 Å². The van der Waals surface area contributed by atoms with Gasteiger partial charge in [-0.05, 0) is 35.4 Å². The second-order valence-electron chi connectivity index (χ2n) is 7.41. The largest absolute Gasteiger partial charge is 0.497 e. The van der Waals surface area contributed by atoms with Crippen molar-refractivity contribution in [2.75, 3.05) is 20.8 Å². The van der Waals surface area contributed by atoms with Crippen molar-refractivity contribution in [1.82, 2.24) is 5.01 Å². The van der Waals surface area contributed by atoms with Crippen LogP contribution in [0.15, 0.2) is 77.9 Å². The summed E-state index contributed by atoms with van der Waals surface area (Å²) in [6.45, 7) is -0.222. The number of ether oxygens (including phenoxy) is 3. The van der Waals surface area contributed by atoms with E-state index in [0.29, 0.717) is 23.5 Å². The minimum absolute atomic E-state index is 0.222. The van der Waals surface area contributed by atoms with E-state index in [-0.39, 0.29) is 18.6 Å². The standard InChI is InChI=1S/C26H23N3O4/c1-31-21-11-9-20(10-12-21)23-15-22(19-6-4-3-5-7-19)28-29(23)26(30)17-33-24-13-8-18(16-27)14-25(24)32-2/h3-14,23H,15,17H2,1-2H3. The van der Waals surface area contributed by atoms with Gasteiger partial charge < -0.3 is 14.2 Å². The smallest absolute Gasteiger partial charge is 0.281 e.